The molecular formula is C40H26. The molecule has 0 N–H and O–H groups in total. The summed E-state index contributed by atoms with van der Waals surface area (Å²) < 4.78 is 221. The fourth-order valence-corrected chi connectivity index (χ4v) is 4.57. The molecule has 8 aromatic rings. The molecule has 0 atom stereocenters. The molecule has 0 heteroatoms. The Morgan fingerprint density at radius 3 is 1.38 bits per heavy atom. The lowest BCUT2D eigenvalue weighted by Gasteiger charge is -2.18. The Hall–Kier alpha value is -5.20. The molecule has 0 aliphatic heterocycles. The van der Waals surface area contributed by atoms with Gasteiger partial charge in [0, 0.05) is 0 Å². The van der Waals surface area contributed by atoms with E-state index in [2.05, 4.69) is 0 Å². The quantitative estimate of drug-likeness (QED) is 0.199. The standard InChI is InChI=1S/C40H26/c1-3-11-31-25-33(23-19-27(31)9-1)29-17-21-30(22-18-29)39-35-13-5-7-15-37(35)40(38-16-8-6-14-36(38)39)34-24-20-28-10-2-4-12-32(28)26-34/h1-26H/i1D,2D,3D,4D,5D,6D,7D,8D,9D,10D,11D,12D,13D,14D,15D,17D,18D,19D,20D,21D,22D,23D,24D,25D,26D. The lowest BCUT2D eigenvalue weighted by molar-refractivity contribution is 1.63. The average molecular weight is 532 g/mol. The molecule has 40 heavy (non-hydrogen) atoms. The summed E-state index contributed by atoms with van der Waals surface area (Å²) in [4.78, 5) is 0. The molecule has 0 aromatic heterocycles. The van der Waals surface area contributed by atoms with Crippen molar-refractivity contribution in [2.24, 2.45) is 0 Å². The van der Waals surface area contributed by atoms with Crippen LogP contribution in [0.1, 0.15) is 34.3 Å². The van der Waals surface area contributed by atoms with E-state index in [1.807, 2.05) is 0 Å². The van der Waals surface area contributed by atoms with Gasteiger partial charge in [0.2, 0.25) is 0 Å². The van der Waals surface area contributed by atoms with Gasteiger partial charge in [0.1, 0.15) is 0 Å². The smallest absolute Gasteiger partial charge is 0.0616 e. The summed E-state index contributed by atoms with van der Waals surface area (Å²) in [5.41, 5.74) is -4.03. The highest BCUT2D eigenvalue weighted by Crippen LogP contribution is 2.44. The maximum absolute atomic E-state index is 9.40. The van der Waals surface area contributed by atoms with Crippen molar-refractivity contribution in [3.63, 3.8) is 0 Å². The van der Waals surface area contributed by atoms with Crippen molar-refractivity contribution >= 4 is 43.1 Å². The minimum Gasteiger partial charge on any atom is -0.0616 e. The van der Waals surface area contributed by atoms with E-state index in [1.54, 1.807) is 0 Å². The first-order valence-corrected chi connectivity index (χ1v) is 11.8. The third kappa shape index (κ3) is 3.69. The molecule has 0 spiro atoms. The molecule has 0 heterocycles. The highest BCUT2D eigenvalue weighted by molar-refractivity contribution is 6.21. The summed E-state index contributed by atoms with van der Waals surface area (Å²) in [5, 5.41) is -4.33. The molecule has 0 radical (unpaired) electrons. The molecule has 0 aliphatic carbocycles. The van der Waals surface area contributed by atoms with Crippen LogP contribution in [-0.2, 0) is 0 Å². The highest BCUT2D eigenvalue weighted by atomic mass is 14.2. The zero-order valence-corrected chi connectivity index (χ0v) is 20.1. The van der Waals surface area contributed by atoms with Crippen LogP contribution in [0.25, 0.3) is 76.5 Å². The van der Waals surface area contributed by atoms with E-state index >= 15 is 0 Å². The van der Waals surface area contributed by atoms with Gasteiger partial charge in [-0.3, -0.25) is 0 Å². The average Bonchev–Trinajstić information content (AvgIpc) is 3.26. The molecule has 8 rings (SSSR count). The van der Waals surface area contributed by atoms with Gasteiger partial charge in [-0.1, -0.05) is 145 Å². The van der Waals surface area contributed by atoms with Crippen LogP contribution in [0.5, 0.6) is 0 Å². The number of rotatable bonds is 3. The van der Waals surface area contributed by atoms with Gasteiger partial charge < -0.3 is 0 Å². The van der Waals surface area contributed by atoms with Crippen LogP contribution >= 0.6 is 0 Å². The summed E-state index contributed by atoms with van der Waals surface area (Å²) in [7, 11) is 0. The minimum atomic E-state index is -1.01. The summed E-state index contributed by atoms with van der Waals surface area (Å²) in [5.74, 6) is 0. The second kappa shape index (κ2) is 9.22. The van der Waals surface area contributed by atoms with E-state index < -0.39 is 228 Å². The van der Waals surface area contributed by atoms with E-state index in [-0.39, 0.29) is 0 Å². The van der Waals surface area contributed by atoms with Gasteiger partial charge in [-0.15, -0.1) is 0 Å². The highest BCUT2D eigenvalue weighted by Gasteiger charge is 2.16. The van der Waals surface area contributed by atoms with Crippen LogP contribution in [-0.4, -0.2) is 0 Å². The zero-order valence-electron chi connectivity index (χ0n) is 45.1. The number of hydrogen-bond acceptors (Lipinski definition) is 0. The Morgan fingerprint density at radius 1 is 0.300 bits per heavy atom. The van der Waals surface area contributed by atoms with E-state index in [4.69, 9.17) is 21.9 Å². The predicted molar refractivity (Wildman–Crippen MR) is 173 cm³/mol. The van der Waals surface area contributed by atoms with Gasteiger partial charge in [-0.05, 0) is 88.6 Å². The summed E-state index contributed by atoms with van der Waals surface area (Å²) in [6.45, 7) is 0. The van der Waals surface area contributed by atoms with Crippen molar-refractivity contribution in [3.8, 4) is 33.4 Å². The molecule has 0 nitrogen and oxygen atoms in total. The predicted octanol–water partition coefficient (Wildman–Crippen LogP) is 11.3. The second-order valence-corrected chi connectivity index (χ2v) is 8.58. The summed E-state index contributed by atoms with van der Waals surface area (Å²) in [6, 6.07) is -20.3. The van der Waals surface area contributed by atoms with Crippen molar-refractivity contribution in [2.45, 2.75) is 0 Å². The third-order valence-corrected chi connectivity index (χ3v) is 6.33. The van der Waals surface area contributed by atoms with Crippen LogP contribution in [0.15, 0.2) is 157 Å². The Morgan fingerprint density at radius 2 is 0.725 bits per heavy atom. The maximum atomic E-state index is 9.40. The van der Waals surface area contributed by atoms with Crippen LogP contribution in [0.4, 0.5) is 0 Å². The lowest BCUT2D eigenvalue weighted by Crippen LogP contribution is -1.91. The zero-order chi connectivity index (χ0) is 48.2. The molecule has 0 saturated heterocycles. The van der Waals surface area contributed by atoms with E-state index in [0.717, 1.165) is 6.07 Å². The van der Waals surface area contributed by atoms with Gasteiger partial charge in [0.15, 0.2) is 0 Å². The molecule has 0 amide bonds. The van der Waals surface area contributed by atoms with E-state index in [9.17, 15) is 12.3 Å². The van der Waals surface area contributed by atoms with Gasteiger partial charge in [-0.2, -0.15) is 0 Å². The van der Waals surface area contributed by atoms with Gasteiger partial charge in [-0.25, -0.2) is 0 Å². The topological polar surface area (TPSA) is 0 Å². The molecule has 186 valence electrons. The molecule has 0 saturated carbocycles. The molecule has 0 aliphatic rings. The molecule has 0 unspecified atom stereocenters. The molecule has 8 aromatic carbocycles. The number of benzene rings is 8. The van der Waals surface area contributed by atoms with Crippen molar-refractivity contribution in [1.82, 2.24) is 0 Å². The first-order valence-electron chi connectivity index (χ1n) is 24.3. The maximum Gasteiger partial charge on any atom is 0.0636 e. The third-order valence-electron chi connectivity index (χ3n) is 6.33. The molecule has 0 bridgehead atoms. The van der Waals surface area contributed by atoms with Crippen LogP contribution in [0, 0.1) is 0 Å². The largest absolute Gasteiger partial charge is 0.0636 e. The Bertz CT molecular complexity index is 3570. The number of fused-ring (bicyclic) bond motifs is 4. The monoisotopic (exact) mass is 531 g/mol. The minimum absolute atomic E-state index is 0.421. The lowest BCUT2D eigenvalue weighted by atomic mass is 9.85. The van der Waals surface area contributed by atoms with Crippen molar-refractivity contribution in [3.05, 3.63) is 157 Å². The normalized spacial score (nSPS) is 20.2. The van der Waals surface area contributed by atoms with Crippen LogP contribution in [0.2, 0.25) is 0 Å². The van der Waals surface area contributed by atoms with Crippen LogP contribution < -0.4 is 0 Å². The van der Waals surface area contributed by atoms with E-state index in [0.29, 0.717) is 0 Å². The number of hydrogen-bond donors (Lipinski definition) is 0. The van der Waals surface area contributed by atoms with Crippen molar-refractivity contribution in [1.29, 1.82) is 0 Å². The van der Waals surface area contributed by atoms with E-state index in [1.165, 1.54) is 0 Å². The van der Waals surface area contributed by atoms with Crippen LogP contribution in [0.3, 0.4) is 0 Å². The summed E-state index contributed by atoms with van der Waals surface area (Å²) >= 11 is 0. The Labute approximate surface area is 268 Å². The first-order chi connectivity index (χ1) is 30.3. The Kier molecular flexibility index (Phi) is 2.05. The summed E-state index contributed by atoms with van der Waals surface area (Å²) in [6.07, 6.45) is 0. The molecular weight excluding hydrogens is 480 g/mol. The molecule has 0 fully saturated rings. The first kappa shape index (κ1) is 8.91. The fraction of sp³-hybridized carbons (Fsp3) is 0. The second-order valence-electron chi connectivity index (χ2n) is 8.58. The SMILES string of the molecule is [2H]c1cc2c(-c3c([2H])c([2H])c4c([2H])c([2H])c([2H])c([2H])c4c3[2H])c3c([2H])c([2H])c([2H])c([2H])c3c(-c3c([2H])c([2H])c(-c4c([2H])c([2H])c5c([2H])c([2H])c([2H])c([2H])c5c4[2H])c([2H])c3[2H])c2c([2H])c1[2H]. The fourth-order valence-electron chi connectivity index (χ4n) is 4.57. The van der Waals surface area contributed by atoms with Gasteiger partial charge in [0.05, 0.1) is 34.3 Å². The van der Waals surface area contributed by atoms with Gasteiger partial charge in [0.25, 0.3) is 0 Å². The Balaban J connectivity index is 1.64. The van der Waals surface area contributed by atoms with Crippen molar-refractivity contribution in [2.75, 3.05) is 0 Å². The van der Waals surface area contributed by atoms with Gasteiger partial charge >= 0.3 is 0 Å². The van der Waals surface area contributed by atoms with Crippen molar-refractivity contribution < 1.29 is 34.3 Å².